The molecular formula is C9H18N2O2. The third-order valence-electron chi connectivity index (χ3n) is 1.46. The van der Waals surface area contributed by atoms with Gasteiger partial charge in [0, 0.05) is 12.1 Å². The van der Waals surface area contributed by atoms with Crippen LogP contribution in [0.4, 0.5) is 0 Å². The summed E-state index contributed by atoms with van der Waals surface area (Å²) in [7, 11) is 0. The van der Waals surface area contributed by atoms with Gasteiger partial charge in [0.15, 0.2) is 0 Å². The van der Waals surface area contributed by atoms with Crippen molar-refractivity contribution in [2.45, 2.75) is 13.3 Å². The standard InChI is InChI=1S/C9H18N2O2/c1-3-13-9(12)8(2)7-11-6-4-5-10/h11H,2-7,10H2,1H3. The Balaban J connectivity index is 3.44. The van der Waals surface area contributed by atoms with Gasteiger partial charge in [0.1, 0.15) is 0 Å². The van der Waals surface area contributed by atoms with Gasteiger partial charge in [-0.05, 0) is 26.4 Å². The predicted molar refractivity (Wildman–Crippen MR) is 52.3 cm³/mol. The number of nitrogens with one attached hydrogen (secondary N) is 1. The summed E-state index contributed by atoms with van der Waals surface area (Å²) in [6, 6.07) is 0. The first kappa shape index (κ1) is 12.1. The summed E-state index contributed by atoms with van der Waals surface area (Å²) in [6.07, 6.45) is 0.899. The zero-order chi connectivity index (χ0) is 10.1. The van der Waals surface area contributed by atoms with Crippen LogP contribution in [0.5, 0.6) is 0 Å². The molecule has 0 fully saturated rings. The summed E-state index contributed by atoms with van der Waals surface area (Å²) in [4.78, 5) is 11.0. The Labute approximate surface area is 79.1 Å². The average molecular weight is 186 g/mol. The molecule has 4 nitrogen and oxygen atoms in total. The van der Waals surface area contributed by atoms with Crippen molar-refractivity contribution in [2.24, 2.45) is 5.73 Å². The number of nitrogens with two attached hydrogens (primary N) is 1. The van der Waals surface area contributed by atoms with Crippen LogP contribution in [0.1, 0.15) is 13.3 Å². The summed E-state index contributed by atoms with van der Waals surface area (Å²) in [6.45, 7) is 7.69. The highest BCUT2D eigenvalue weighted by Gasteiger charge is 2.05. The van der Waals surface area contributed by atoms with Crippen LogP contribution in [0.25, 0.3) is 0 Å². The summed E-state index contributed by atoms with van der Waals surface area (Å²) in [5, 5.41) is 3.05. The Kier molecular flexibility index (Phi) is 7.24. The van der Waals surface area contributed by atoms with E-state index in [1.165, 1.54) is 0 Å². The molecule has 0 saturated carbocycles. The maximum absolute atomic E-state index is 11.0. The van der Waals surface area contributed by atoms with E-state index in [1.807, 2.05) is 0 Å². The normalized spacial score (nSPS) is 9.69. The molecule has 0 saturated heterocycles. The molecule has 0 unspecified atom stereocenters. The van der Waals surface area contributed by atoms with Crippen LogP contribution in [-0.4, -0.2) is 32.2 Å². The minimum Gasteiger partial charge on any atom is -0.463 e. The van der Waals surface area contributed by atoms with Crippen molar-refractivity contribution < 1.29 is 9.53 Å². The van der Waals surface area contributed by atoms with Gasteiger partial charge in [0.05, 0.1) is 6.61 Å². The molecule has 13 heavy (non-hydrogen) atoms. The third-order valence-corrected chi connectivity index (χ3v) is 1.46. The van der Waals surface area contributed by atoms with Crippen molar-refractivity contribution in [1.82, 2.24) is 5.32 Å². The van der Waals surface area contributed by atoms with Gasteiger partial charge in [0.25, 0.3) is 0 Å². The zero-order valence-electron chi connectivity index (χ0n) is 8.14. The van der Waals surface area contributed by atoms with Crippen molar-refractivity contribution in [1.29, 1.82) is 0 Å². The number of ether oxygens (including phenoxy) is 1. The van der Waals surface area contributed by atoms with Gasteiger partial charge in [-0.1, -0.05) is 6.58 Å². The van der Waals surface area contributed by atoms with Crippen molar-refractivity contribution in [3.8, 4) is 0 Å². The average Bonchev–Trinajstić information content (AvgIpc) is 2.12. The van der Waals surface area contributed by atoms with E-state index in [-0.39, 0.29) is 5.97 Å². The highest BCUT2D eigenvalue weighted by atomic mass is 16.5. The van der Waals surface area contributed by atoms with Gasteiger partial charge < -0.3 is 15.8 Å². The van der Waals surface area contributed by atoms with Gasteiger partial charge in [-0.3, -0.25) is 0 Å². The van der Waals surface area contributed by atoms with Crippen molar-refractivity contribution in [3.63, 3.8) is 0 Å². The van der Waals surface area contributed by atoms with E-state index in [9.17, 15) is 4.79 Å². The van der Waals surface area contributed by atoms with E-state index < -0.39 is 0 Å². The van der Waals surface area contributed by atoms with E-state index in [0.717, 1.165) is 13.0 Å². The highest BCUT2D eigenvalue weighted by Crippen LogP contribution is 1.92. The molecule has 0 amide bonds. The van der Waals surface area contributed by atoms with Gasteiger partial charge in [-0.15, -0.1) is 0 Å². The fourth-order valence-electron chi connectivity index (χ4n) is 0.772. The SMILES string of the molecule is C=C(CNCCCN)C(=O)OCC. The first-order valence-corrected chi connectivity index (χ1v) is 4.48. The minimum atomic E-state index is -0.331. The molecule has 0 aromatic heterocycles. The summed E-state index contributed by atoms with van der Waals surface area (Å²) < 4.78 is 4.76. The monoisotopic (exact) mass is 186 g/mol. The molecule has 0 heterocycles. The topological polar surface area (TPSA) is 64.3 Å². The van der Waals surface area contributed by atoms with E-state index in [1.54, 1.807) is 6.92 Å². The van der Waals surface area contributed by atoms with E-state index in [2.05, 4.69) is 11.9 Å². The molecule has 0 bridgehead atoms. The van der Waals surface area contributed by atoms with Gasteiger partial charge in [-0.25, -0.2) is 4.79 Å². The van der Waals surface area contributed by atoms with Crippen LogP contribution in [0.2, 0.25) is 0 Å². The molecule has 0 spiro atoms. The number of carbonyl (C=O) groups is 1. The van der Waals surface area contributed by atoms with Crippen molar-refractivity contribution in [3.05, 3.63) is 12.2 Å². The van der Waals surface area contributed by atoms with E-state index >= 15 is 0 Å². The van der Waals surface area contributed by atoms with Gasteiger partial charge in [0.2, 0.25) is 0 Å². The Bertz CT molecular complexity index is 169. The Hall–Kier alpha value is -0.870. The summed E-state index contributed by atoms with van der Waals surface area (Å²) in [5.41, 5.74) is 5.76. The third kappa shape index (κ3) is 6.31. The molecule has 0 aliphatic rings. The van der Waals surface area contributed by atoms with Crippen LogP contribution in [0.15, 0.2) is 12.2 Å². The Morgan fingerprint density at radius 1 is 1.62 bits per heavy atom. The Morgan fingerprint density at radius 3 is 2.85 bits per heavy atom. The lowest BCUT2D eigenvalue weighted by Gasteiger charge is -2.06. The van der Waals surface area contributed by atoms with Crippen molar-refractivity contribution >= 4 is 5.97 Å². The fourth-order valence-corrected chi connectivity index (χ4v) is 0.772. The first-order valence-electron chi connectivity index (χ1n) is 4.48. The number of hydrogen-bond acceptors (Lipinski definition) is 4. The molecule has 0 aromatic rings. The van der Waals surface area contributed by atoms with Crippen LogP contribution in [0, 0.1) is 0 Å². The molecule has 0 aromatic carbocycles. The summed E-state index contributed by atoms with van der Waals surface area (Å²) in [5.74, 6) is -0.331. The number of hydrogen-bond donors (Lipinski definition) is 2. The van der Waals surface area contributed by atoms with Gasteiger partial charge >= 0.3 is 5.97 Å². The molecule has 4 heteroatoms. The second-order valence-corrected chi connectivity index (χ2v) is 2.64. The van der Waals surface area contributed by atoms with Crippen LogP contribution >= 0.6 is 0 Å². The maximum Gasteiger partial charge on any atom is 0.334 e. The van der Waals surface area contributed by atoms with E-state index in [4.69, 9.17) is 10.5 Å². The minimum absolute atomic E-state index is 0.331. The smallest absolute Gasteiger partial charge is 0.334 e. The molecular weight excluding hydrogens is 168 g/mol. The highest BCUT2D eigenvalue weighted by molar-refractivity contribution is 5.88. The van der Waals surface area contributed by atoms with Crippen LogP contribution in [-0.2, 0) is 9.53 Å². The number of esters is 1. The predicted octanol–water partition coefficient (Wildman–Crippen LogP) is 0.0441. The molecule has 0 atom stereocenters. The molecule has 0 aliphatic carbocycles. The zero-order valence-corrected chi connectivity index (χ0v) is 8.14. The maximum atomic E-state index is 11.0. The largest absolute Gasteiger partial charge is 0.463 e. The van der Waals surface area contributed by atoms with Gasteiger partial charge in [-0.2, -0.15) is 0 Å². The summed E-state index contributed by atoms with van der Waals surface area (Å²) >= 11 is 0. The van der Waals surface area contributed by atoms with Crippen LogP contribution in [0.3, 0.4) is 0 Å². The second kappa shape index (κ2) is 7.76. The molecule has 0 radical (unpaired) electrons. The second-order valence-electron chi connectivity index (χ2n) is 2.64. The molecule has 3 N–H and O–H groups in total. The quantitative estimate of drug-likeness (QED) is 0.335. The van der Waals surface area contributed by atoms with Crippen molar-refractivity contribution in [2.75, 3.05) is 26.2 Å². The lowest BCUT2D eigenvalue weighted by atomic mass is 10.3. The molecule has 0 rings (SSSR count). The Morgan fingerprint density at radius 2 is 2.31 bits per heavy atom. The lowest BCUT2D eigenvalue weighted by Crippen LogP contribution is -2.24. The number of rotatable bonds is 7. The number of carbonyl (C=O) groups excluding carboxylic acids is 1. The fraction of sp³-hybridized carbons (Fsp3) is 0.667. The molecule has 76 valence electrons. The first-order chi connectivity index (χ1) is 6.22. The lowest BCUT2D eigenvalue weighted by molar-refractivity contribution is -0.138. The molecule has 0 aliphatic heterocycles. The van der Waals surface area contributed by atoms with Crippen LogP contribution < -0.4 is 11.1 Å². The van der Waals surface area contributed by atoms with E-state index in [0.29, 0.717) is 25.3 Å².